The average Bonchev–Trinajstić information content (AvgIpc) is 2.76. The number of H-pyrrole nitrogens is 1. The van der Waals surface area contributed by atoms with Crippen molar-refractivity contribution < 1.29 is 14.4 Å². The van der Waals surface area contributed by atoms with E-state index in [2.05, 4.69) is 5.32 Å². The summed E-state index contributed by atoms with van der Waals surface area (Å²) < 4.78 is 4.69. The van der Waals surface area contributed by atoms with Gasteiger partial charge in [0.05, 0.1) is 12.1 Å². The summed E-state index contributed by atoms with van der Waals surface area (Å²) in [5.74, 6) is -0.381. The molecule has 0 radical (unpaired) electrons. The molecule has 1 unspecified atom stereocenters. The molecule has 6 nitrogen and oxygen atoms in total. The van der Waals surface area contributed by atoms with E-state index in [-0.39, 0.29) is 17.6 Å². The fourth-order valence-electron chi connectivity index (χ4n) is 1.51. The first-order chi connectivity index (χ1) is 8.56. The van der Waals surface area contributed by atoms with Crippen LogP contribution >= 0.6 is 0 Å². The Morgan fingerprint density at radius 2 is 2.06 bits per heavy atom. The Balaban J connectivity index is 2.07. The molecule has 6 heteroatoms. The molecule has 1 heterocycles. The standard InChI is InChI=1S/C12H12N2O4/c1-7(8-2-4-9(15)5-3-8)13-12(17)10-6-11(16)14-18-10/h2-7,15H,1H3,(H,13,17)(H,14,16). The van der Waals surface area contributed by atoms with Crippen molar-refractivity contribution in [2.24, 2.45) is 0 Å². The van der Waals surface area contributed by atoms with Crippen molar-refractivity contribution in [3.8, 4) is 5.75 Å². The van der Waals surface area contributed by atoms with Gasteiger partial charge < -0.3 is 14.9 Å². The number of nitrogens with one attached hydrogen (secondary N) is 2. The molecule has 1 aromatic carbocycles. The first-order valence-electron chi connectivity index (χ1n) is 5.34. The van der Waals surface area contributed by atoms with E-state index >= 15 is 0 Å². The van der Waals surface area contributed by atoms with E-state index in [9.17, 15) is 9.59 Å². The molecule has 0 aliphatic carbocycles. The van der Waals surface area contributed by atoms with Crippen LogP contribution in [-0.4, -0.2) is 16.2 Å². The normalized spacial score (nSPS) is 12.1. The van der Waals surface area contributed by atoms with Gasteiger partial charge in [-0.2, -0.15) is 5.16 Å². The minimum absolute atomic E-state index is 0.0642. The molecule has 2 aromatic rings. The third kappa shape index (κ3) is 2.60. The van der Waals surface area contributed by atoms with Gasteiger partial charge in [-0.05, 0) is 24.6 Å². The summed E-state index contributed by atoms with van der Waals surface area (Å²) in [6.07, 6.45) is 0. The largest absolute Gasteiger partial charge is 0.508 e. The maximum absolute atomic E-state index is 11.7. The Bertz CT molecular complexity index is 597. The number of phenols is 1. The number of aromatic nitrogens is 1. The number of carbonyl (C=O) groups is 1. The van der Waals surface area contributed by atoms with Crippen LogP contribution in [0, 0.1) is 0 Å². The highest BCUT2D eigenvalue weighted by Crippen LogP contribution is 2.16. The van der Waals surface area contributed by atoms with E-state index < -0.39 is 11.5 Å². The second-order valence-electron chi connectivity index (χ2n) is 3.86. The van der Waals surface area contributed by atoms with E-state index in [1.807, 2.05) is 5.16 Å². The lowest BCUT2D eigenvalue weighted by Gasteiger charge is -2.12. The van der Waals surface area contributed by atoms with E-state index in [0.29, 0.717) is 0 Å². The fraction of sp³-hybridized carbons (Fsp3) is 0.167. The van der Waals surface area contributed by atoms with Gasteiger partial charge in [0.25, 0.3) is 11.5 Å². The number of aromatic amines is 1. The molecule has 94 valence electrons. The van der Waals surface area contributed by atoms with Crippen LogP contribution in [0.3, 0.4) is 0 Å². The highest BCUT2D eigenvalue weighted by Gasteiger charge is 2.14. The Labute approximate surface area is 102 Å². The molecule has 0 saturated heterocycles. The molecular formula is C12H12N2O4. The lowest BCUT2D eigenvalue weighted by Crippen LogP contribution is -2.26. The summed E-state index contributed by atoms with van der Waals surface area (Å²) in [5, 5.41) is 13.9. The minimum atomic E-state index is -0.478. The highest BCUT2D eigenvalue weighted by atomic mass is 16.5. The maximum atomic E-state index is 11.7. The van der Waals surface area contributed by atoms with Crippen LogP contribution in [0.4, 0.5) is 0 Å². The fourth-order valence-corrected chi connectivity index (χ4v) is 1.51. The van der Waals surface area contributed by atoms with Crippen molar-refractivity contribution in [1.29, 1.82) is 0 Å². The Morgan fingerprint density at radius 3 is 2.61 bits per heavy atom. The molecule has 0 bridgehead atoms. The summed E-state index contributed by atoms with van der Waals surface area (Å²) in [7, 11) is 0. The van der Waals surface area contributed by atoms with Crippen LogP contribution in [0.25, 0.3) is 0 Å². The van der Waals surface area contributed by atoms with Crippen LogP contribution in [0.5, 0.6) is 5.75 Å². The lowest BCUT2D eigenvalue weighted by molar-refractivity contribution is 0.0902. The zero-order chi connectivity index (χ0) is 13.1. The molecule has 0 aliphatic heterocycles. The van der Waals surface area contributed by atoms with Gasteiger partial charge in [0, 0.05) is 0 Å². The third-order valence-corrected chi connectivity index (χ3v) is 2.49. The zero-order valence-electron chi connectivity index (χ0n) is 9.64. The summed E-state index contributed by atoms with van der Waals surface area (Å²) in [6.45, 7) is 1.79. The molecule has 1 amide bonds. The van der Waals surface area contributed by atoms with E-state index in [1.165, 1.54) is 12.1 Å². The van der Waals surface area contributed by atoms with Crippen molar-refractivity contribution in [2.75, 3.05) is 0 Å². The van der Waals surface area contributed by atoms with Crippen LogP contribution < -0.4 is 10.9 Å². The van der Waals surface area contributed by atoms with E-state index in [0.717, 1.165) is 11.6 Å². The topological polar surface area (TPSA) is 95.3 Å². The Morgan fingerprint density at radius 1 is 1.39 bits per heavy atom. The van der Waals surface area contributed by atoms with Gasteiger partial charge in [0.2, 0.25) is 5.76 Å². The molecule has 0 spiro atoms. The molecule has 18 heavy (non-hydrogen) atoms. The molecule has 3 N–H and O–H groups in total. The highest BCUT2D eigenvalue weighted by molar-refractivity contribution is 5.91. The SMILES string of the molecule is CC(NC(=O)c1cc(=O)[nH]o1)c1ccc(O)cc1. The van der Waals surface area contributed by atoms with Gasteiger partial charge in [0.15, 0.2) is 0 Å². The van der Waals surface area contributed by atoms with E-state index in [1.54, 1.807) is 19.1 Å². The maximum Gasteiger partial charge on any atom is 0.290 e. The number of hydrogen-bond acceptors (Lipinski definition) is 4. The monoisotopic (exact) mass is 248 g/mol. The molecule has 0 saturated carbocycles. The first-order valence-corrected chi connectivity index (χ1v) is 5.34. The molecule has 1 atom stereocenters. The summed E-state index contributed by atoms with van der Waals surface area (Å²) in [5.41, 5.74) is 0.372. The summed E-state index contributed by atoms with van der Waals surface area (Å²) >= 11 is 0. The minimum Gasteiger partial charge on any atom is -0.508 e. The van der Waals surface area contributed by atoms with Crippen LogP contribution in [-0.2, 0) is 0 Å². The zero-order valence-corrected chi connectivity index (χ0v) is 9.64. The van der Waals surface area contributed by atoms with Crippen LogP contribution in [0.1, 0.15) is 29.1 Å². The van der Waals surface area contributed by atoms with Crippen molar-refractivity contribution in [3.63, 3.8) is 0 Å². The Kier molecular flexibility index (Phi) is 3.18. The predicted octanol–water partition coefficient (Wildman–Crippen LogP) is 1.16. The molecular weight excluding hydrogens is 236 g/mol. The molecule has 2 rings (SSSR count). The molecule has 0 fully saturated rings. The lowest BCUT2D eigenvalue weighted by atomic mass is 10.1. The van der Waals surface area contributed by atoms with Gasteiger partial charge in [-0.1, -0.05) is 12.1 Å². The predicted molar refractivity (Wildman–Crippen MR) is 63.3 cm³/mol. The van der Waals surface area contributed by atoms with Crippen molar-refractivity contribution in [3.05, 3.63) is 52.0 Å². The van der Waals surface area contributed by atoms with Crippen LogP contribution in [0.2, 0.25) is 0 Å². The van der Waals surface area contributed by atoms with Gasteiger partial charge >= 0.3 is 0 Å². The van der Waals surface area contributed by atoms with Crippen molar-refractivity contribution >= 4 is 5.91 Å². The number of amides is 1. The smallest absolute Gasteiger partial charge is 0.290 e. The number of rotatable bonds is 3. The number of hydrogen-bond donors (Lipinski definition) is 3. The summed E-state index contributed by atoms with van der Waals surface area (Å²) in [6, 6.07) is 7.29. The number of phenolic OH excluding ortho intramolecular Hbond substituents is 1. The van der Waals surface area contributed by atoms with Crippen LogP contribution in [0.15, 0.2) is 39.6 Å². The van der Waals surface area contributed by atoms with Gasteiger partial charge in [0.1, 0.15) is 5.75 Å². The second-order valence-corrected chi connectivity index (χ2v) is 3.86. The molecule has 1 aromatic heterocycles. The number of benzene rings is 1. The average molecular weight is 248 g/mol. The summed E-state index contributed by atoms with van der Waals surface area (Å²) in [4.78, 5) is 22.5. The van der Waals surface area contributed by atoms with Gasteiger partial charge in [-0.15, -0.1) is 0 Å². The van der Waals surface area contributed by atoms with Crippen molar-refractivity contribution in [2.45, 2.75) is 13.0 Å². The Hall–Kier alpha value is -2.50. The van der Waals surface area contributed by atoms with Gasteiger partial charge in [-0.3, -0.25) is 9.59 Å². The second kappa shape index (κ2) is 4.79. The number of aromatic hydroxyl groups is 1. The first kappa shape index (κ1) is 12.0. The van der Waals surface area contributed by atoms with Gasteiger partial charge in [-0.25, -0.2) is 0 Å². The third-order valence-electron chi connectivity index (χ3n) is 2.49. The van der Waals surface area contributed by atoms with E-state index in [4.69, 9.17) is 9.63 Å². The number of carbonyl (C=O) groups excluding carboxylic acids is 1. The quantitative estimate of drug-likeness (QED) is 0.759. The molecule has 0 aliphatic rings. The van der Waals surface area contributed by atoms with Crippen molar-refractivity contribution in [1.82, 2.24) is 10.5 Å².